The van der Waals surface area contributed by atoms with Gasteiger partial charge in [0.1, 0.15) is 5.82 Å². The highest BCUT2D eigenvalue weighted by atomic mass is 32.2. The first kappa shape index (κ1) is 13.4. The van der Waals surface area contributed by atoms with Crippen molar-refractivity contribution in [3.63, 3.8) is 0 Å². The Balaban J connectivity index is 2.36. The van der Waals surface area contributed by atoms with Crippen molar-refractivity contribution in [2.75, 3.05) is 13.7 Å². The zero-order valence-electron chi connectivity index (χ0n) is 10.5. The normalized spacial score (nSPS) is 17.9. The molecule has 0 radical (unpaired) electrons. The van der Waals surface area contributed by atoms with Crippen LogP contribution in [0.15, 0.2) is 5.16 Å². The van der Waals surface area contributed by atoms with E-state index in [0.29, 0.717) is 24.9 Å². The molecular formula is C10H18N4O3S. The molecule has 0 aliphatic heterocycles. The Labute approximate surface area is 106 Å². The molecule has 102 valence electrons. The maximum Gasteiger partial charge on any atom is 0.273 e. The molecule has 1 unspecified atom stereocenters. The van der Waals surface area contributed by atoms with Crippen LogP contribution in [0.2, 0.25) is 0 Å². The molecule has 1 aliphatic rings. The quantitative estimate of drug-likeness (QED) is 0.792. The van der Waals surface area contributed by atoms with Crippen LogP contribution in [0.5, 0.6) is 0 Å². The van der Waals surface area contributed by atoms with Gasteiger partial charge in [-0.2, -0.15) is 0 Å². The van der Waals surface area contributed by atoms with Crippen LogP contribution < -0.4 is 5.14 Å². The van der Waals surface area contributed by atoms with Crippen LogP contribution in [-0.2, 0) is 21.3 Å². The maximum atomic E-state index is 11.5. The number of aromatic nitrogens is 3. The zero-order valence-corrected chi connectivity index (χ0v) is 11.4. The Morgan fingerprint density at radius 2 is 2.17 bits per heavy atom. The molecule has 1 fully saturated rings. The van der Waals surface area contributed by atoms with E-state index in [-0.39, 0.29) is 11.1 Å². The number of hydrogen-bond acceptors (Lipinski definition) is 5. The average molecular weight is 274 g/mol. The summed E-state index contributed by atoms with van der Waals surface area (Å²) in [4.78, 5) is 0. The third kappa shape index (κ3) is 2.70. The van der Waals surface area contributed by atoms with E-state index in [1.54, 1.807) is 11.7 Å². The predicted molar refractivity (Wildman–Crippen MR) is 64.4 cm³/mol. The lowest BCUT2D eigenvalue weighted by Gasteiger charge is -2.13. The van der Waals surface area contributed by atoms with Gasteiger partial charge < -0.3 is 4.74 Å². The topological polar surface area (TPSA) is 100 Å². The van der Waals surface area contributed by atoms with Crippen molar-refractivity contribution in [2.45, 2.75) is 37.4 Å². The highest BCUT2D eigenvalue weighted by Gasteiger charge is 2.34. The molecule has 1 aromatic rings. The van der Waals surface area contributed by atoms with Crippen LogP contribution in [0.3, 0.4) is 0 Å². The first-order chi connectivity index (χ1) is 8.45. The summed E-state index contributed by atoms with van der Waals surface area (Å²) in [6.07, 6.45) is 2.31. The van der Waals surface area contributed by atoms with Gasteiger partial charge in [0.25, 0.3) is 15.2 Å². The Bertz CT molecular complexity index is 521. The van der Waals surface area contributed by atoms with Gasteiger partial charge >= 0.3 is 0 Å². The molecule has 1 aliphatic carbocycles. The van der Waals surface area contributed by atoms with Crippen molar-refractivity contribution in [1.29, 1.82) is 0 Å². The third-order valence-corrected chi connectivity index (χ3v) is 4.07. The van der Waals surface area contributed by atoms with Gasteiger partial charge in [0.15, 0.2) is 0 Å². The van der Waals surface area contributed by atoms with Crippen molar-refractivity contribution in [2.24, 2.45) is 11.1 Å². The third-order valence-electron chi connectivity index (χ3n) is 3.26. The molecule has 0 spiro atoms. The Hall–Kier alpha value is -0.990. The van der Waals surface area contributed by atoms with Crippen molar-refractivity contribution in [1.82, 2.24) is 14.8 Å². The summed E-state index contributed by atoms with van der Waals surface area (Å²) in [7, 11) is -2.29. The minimum absolute atomic E-state index is 0.179. The number of hydrogen-bond donors (Lipinski definition) is 1. The monoisotopic (exact) mass is 274 g/mol. The number of nitrogens with zero attached hydrogens (tertiary/aromatic N) is 3. The fourth-order valence-electron chi connectivity index (χ4n) is 2.05. The van der Waals surface area contributed by atoms with Crippen molar-refractivity contribution in [3.05, 3.63) is 5.82 Å². The summed E-state index contributed by atoms with van der Waals surface area (Å²) in [5, 5.41) is 12.7. The standard InChI is InChI=1S/C10H18N4O3S/c1-7(8-3-4-8)9-12-13-10(18(11,15)16)14(9)5-6-17-2/h7-8H,3-6H2,1-2H3,(H2,11,15,16). The summed E-state index contributed by atoms with van der Waals surface area (Å²) in [6, 6.07) is 0. The minimum Gasteiger partial charge on any atom is -0.383 e. The fraction of sp³-hybridized carbons (Fsp3) is 0.800. The largest absolute Gasteiger partial charge is 0.383 e. The van der Waals surface area contributed by atoms with Gasteiger partial charge in [0.2, 0.25) is 0 Å². The van der Waals surface area contributed by atoms with Crippen LogP contribution in [-0.4, -0.2) is 36.9 Å². The van der Waals surface area contributed by atoms with E-state index in [1.165, 1.54) is 0 Å². The van der Waals surface area contributed by atoms with Crippen molar-refractivity contribution < 1.29 is 13.2 Å². The van der Waals surface area contributed by atoms with Gasteiger partial charge in [-0.25, -0.2) is 13.6 Å². The molecule has 1 aromatic heterocycles. The van der Waals surface area contributed by atoms with E-state index in [0.717, 1.165) is 12.8 Å². The number of primary sulfonamides is 1. The minimum atomic E-state index is -3.85. The Morgan fingerprint density at radius 3 is 2.67 bits per heavy atom. The second-order valence-corrected chi connectivity index (χ2v) is 6.11. The van der Waals surface area contributed by atoms with E-state index < -0.39 is 10.0 Å². The highest BCUT2D eigenvalue weighted by molar-refractivity contribution is 7.89. The van der Waals surface area contributed by atoms with E-state index in [2.05, 4.69) is 10.2 Å². The van der Waals surface area contributed by atoms with Crippen LogP contribution in [0.4, 0.5) is 0 Å². The first-order valence-electron chi connectivity index (χ1n) is 5.90. The first-order valence-corrected chi connectivity index (χ1v) is 7.44. The molecule has 1 heterocycles. The van der Waals surface area contributed by atoms with E-state index in [1.807, 2.05) is 6.92 Å². The second kappa shape index (κ2) is 4.94. The molecule has 0 aromatic carbocycles. The highest BCUT2D eigenvalue weighted by Crippen LogP contribution is 2.41. The molecule has 0 bridgehead atoms. The Morgan fingerprint density at radius 1 is 1.50 bits per heavy atom. The molecule has 2 N–H and O–H groups in total. The van der Waals surface area contributed by atoms with Gasteiger partial charge in [-0.05, 0) is 18.8 Å². The van der Waals surface area contributed by atoms with Gasteiger partial charge in [0.05, 0.1) is 6.61 Å². The lowest BCUT2D eigenvalue weighted by molar-refractivity contribution is 0.183. The van der Waals surface area contributed by atoms with Gasteiger partial charge in [-0.15, -0.1) is 10.2 Å². The molecule has 7 nitrogen and oxygen atoms in total. The molecule has 2 rings (SSSR count). The lowest BCUT2D eigenvalue weighted by Crippen LogP contribution is -2.21. The summed E-state index contributed by atoms with van der Waals surface area (Å²) >= 11 is 0. The van der Waals surface area contributed by atoms with Crippen molar-refractivity contribution >= 4 is 10.0 Å². The van der Waals surface area contributed by atoms with Crippen LogP contribution in [0, 0.1) is 5.92 Å². The fourth-order valence-corrected chi connectivity index (χ4v) is 2.69. The number of sulfonamides is 1. The summed E-state index contributed by atoms with van der Waals surface area (Å²) in [6.45, 7) is 2.82. The molecule has 1 saturated carbocycles. The molecule has 8 heteroatoms. The number of rotatable bonds is 6. The summed E-state index contributed by atoms with van der Waals surface area (Å²) < 4.78 is 29.4. The lowest BCUT2D eigenvalue weighted by atomic mass is 10.1. The van der Waals surface area contributed by atoms with Gasteiger partial charge in [0, 0.05) is 19.6 Å². The number of methoxy groups -OCH3 is 1. The molecule has 18 heavy (non-hydrogen) atoms. The number of nitrogens with two attached hydrogens (primary N) is 1. The smallest absolute Gasteiger partial charge is 0.273 e. The van der Waals surface area contributed by atoms with Gasteiger partial charge in [-0.3, -0.25) is 4.57 Å². The molecule has 0 saturated heterocycles. The van der Waals surface area contributed by atoms with E-state index in [4.69, 9.17) is 9.88 Å². The van der Waals surface area contributed by atoms with E-state index in [9.17, 15) is 8.42 Å². The second-order valence-electron chi connectivity index (χ2n) is 4.66. The van der Waals surface area contributed by atoms with Crippen LogP contribution in [0.25, 0.3) is 0 Å². The van der Waals surface area contributed by atoms with Gasteiger partial charge in [-0.1, -0.05) is 6.92 Å². The summed E-state index contributed by atoms with van der Waals surface area (Å²) in [5.74, 6) is 1.45. The average Bonchev–Trinajstić information content (AvgIpc) is 3.03. The number of ether oxygens (including phenoxy) is 1. The van der Waals surface area contributed by atoms with Crippen LogP contribution >= 0.6 is 0 Å². The Kier molecular flexibility index (Phi) is 3.69. The zero-order chi connectivity index (χ0) is 13.3. The van der Waals surface area contributed by atoms with Crippen molar-refractivity contribution in [3.8, 4) is 0 Å². The molecule has 0 amide bonds. The summed E-state index contributed by atoms with van der Waals surface area (Å²) in [5.41, 5.74) is 0. The maximum absolute atomic E-state index is 11.5. The van der Waals surface area contributed by atoms with Crippen LogP contribution in [0.1, 0.15) is 31.5 Å². The predicted octanol–water partition coefficient (Wildman–Crippen LogP) is 0.0854. The SMILES string of the molecule is COCCn1c(C(C)C2CC2)nnc1S(N)(=O)=O. The molecular weight excluding hydrogens is 256 g/mol. The van der Waals surface area contributed by atoms with E-state index >= 15 is 0 Å². The molecule has 1 atom stereocenters.